The van der Waals surface area contributed by atoms with Gasteiger partial charge in [0, 0.05) is 18.4 Å². The predicted molar refractivity (Wildman–Crippen MR) is 94.7 cm³/mol. The average molecular weight is 356 g/mol. The van der Waals surface area contributed by atoms with Crippen molar-refractivity contribution in [2.24, 2.45) is 11.3 Å². The third-order valence-electron chi connectivity index (χ3n) is 5.64. The zero-order valence-electron chi connectivity index (χ0n) is 15.1. The number of nitrogens with zero attached hydrogens (tertiary/aromatic N) is 2. The van der Waals surface area contributed by atoms with Crippen LogP contribution in [0.1, 0.15) is 42.6 Å². The van der Waals surface area contributed by atoms with Crippen LogP contribution in [0.3, 0.4) is 0 Å². The molecule has 2 aliphatic rings. The number of carbonyl (C=O) groups is 1. The molecule has 1 amide bonds. The predicted octanol–water partition coefficient (Wildman–Crippen LogP) is 1.98. The molecule has 1 aromatic heterocycles. The van der Waals surface area contributed by atoms with Crippen LogP contribution in [0.2, 0.25) is 0 Å². The average Bonchev–Trinajstić information content (AvgIpc) is 3.18. The van der Waals surface area contributed by atoms with E-state index >= 15 is 0 Å². The van der Waals surface area contributed by atoms with E-state index in [9.17, 15) is 4.79 Å². The van der Waals surface area contributed by atoms with Crippen LogP contribution in [0.25, 0.3) is 0 Å². The van der Waals surface area contributed by atoms with E-state index in [0.29, 0.717) is 17.5 Å². The summed E-state index contributed by atoms with van der Waals surface area (Å²) >= 11 is 0. The largest absolute Gasteiger partial charge is 0.496 e. The number of rotatable bonds is 5. The highest BCUT2D eigenvalue weighted by molar-refractivity contribution is 5.83. The van der Waals surface area contributed by atoms with Gasteiger partial charge in [0.05, 0.1) is 7.11 Å². The van der Waals surface area contributed by atoms with Crippen LogP contribution in [-0.4, -0.2) is 36.2 Å². The van der Waals surface area contributed by atoms with Gasteiger partial charge in [-0.1, -0.05) is 23.4 Å². The fourth-order valence-electron chi connectivity index (χ4n) is 4.06. The van der Waals surface area contributed by atoms with Crippen molar-refractivity contribution in [1.82, 2.24) is 20.8 Å². The van der Waals surface area contributed by atoms with Crippen molar-refractivity contribution in [2.45, 2.75) is 32.2 Å². The van der Waals surface area contributed by atoms with Crippen LogP contribution in [0.15, 0.2) is 28.8 Å². The number of benzene rings is 1. The van der Waals surface area contributed by atoms with Gasteiger partial charge in [-0.05, 0) is 43.8 Å². The topological polar surface area (TPSA) is 89.3 Å². The summed E-state index contributed by atoms with van der Waals surface area (Å²) in [5.74, 6) is 1.73. The maximum absolute atomic E-state index is 13.0. The molecule has 1 saturated heterocycles. The number of ether oxygens (including phenoxy) is 1. The van der Waals surface area contributed by atoms with Gasteiger partial charge >= 0.3 is 0 Å². The minimum absolute atomic E-state index is 0.0604. The van der Waals surface area contributed by atoms with Crippen molar-refractivity contribution >= 4 is 5.91 Å². The van der Waals surface area contributed by atoms with Gasteiger partial charge < -0.3 is 19.9 Å². The van der Waals surface area contributed by atoms with Gasteiger partial charge in [0.1, 0.15) is 11.8 Å². The Morgan fingerprint density at radius 1 is 1.38 bits per heavy atom. The summed E-state index contributed by atoms with van der Waals surface area (Å²) < 4.78 is 10.6. The van der Waals surface area contributed by atoms with Gasteiger partial charge in [-0.15, -0.1) is 0 Å². The maximum atomic E-state index is 13.0. The molecule has 7 heteroatoms. The molecule has 2 heterocycles. The van der Waals surface area contributed by atoms with E-state index in [4.69, 9.17) is 9.26 Å². The third kappa shape index (κ3) is 3.07. The second-order valence-corrected chi connectivity index (χ2v) is 7.22. The molecule has 1 saturated carbocycles. The monoisotopic (exact) mass is 356 g/mol. The molecule has 1 aliphatic carbocycles. The molecule has 2 aromatic rings. The first kappa shape index (κ1) is 17.0. The van der Waals surface area contributed by atoms with E-state index in [1.807, 2.05) is 24.3 Å². The Labute approximate surface area is 152 Å². The number of hydrogen-bond donors (Lipinski definition) is 2. The molecule has 2 fully saturated rings. The first-order chi connectivity index (χ1) is 12.6. The number of amides is 1. The Morgan fingerprint density at radius 3 is 2.85 bits per heavy atom. The molecule has 2 unspecified atom stereocenters. The molecule has 138 valence electrons. The number of carbonyl (C=O) groups excluding carboxylic acids is 1. The number of nitrogens with one attached hydrogen (secondary N) is 2. The van der Waals surface area contributed by atoms with Gasteiger partial charge in [-0.25, -0.2) is 0 Å². The molecule has 2 atom stereocenters. The highest BCUT2D eigenvalue weighted by Crippen LogP contribution is 2.58. The van der Waals surface area contributed by atoms with E-state index < -0.39 is 6.04 Å². The number of aromatic nitrogens is 2. The fraction of sp³-hybridized carbons (Fsp3) is 0.526. The third-order valence-corrected chi connectivity index (χ3v) is 5.64. The minimum atomic E-state index is -0.490. The number of methoxy groups -OCH3 is 1. The molecular formula is C19H24N4O3. The molecule has 2 N–H and O–H groups in total. The zero-order valence-corrected chi connectivity index (χ0v) is 15.1. The van der Waals surface area contributed by atoms with E-state index in [0.717, 1.165) is 37.9 Å². The van der Waals surface area contributed by atoms with Gasteiger partial charge in [0.15, 0.2) is 5.82 Å². The molecular weight excluding hydrogens is 332 g/mol. The molecule has 4 rings (SSSR count). The summed E-state index contributed by atoms with van der Waals surface area (Å²) in [6.45, 7) is 3.72. The van der Waals surface area contributed by atoms with Gasteiger partial charge in [-0.3, -0.25) is 4.79 Å². The number of piperidine rings is 1. The second-order valence-electron chi connectivity index (χ2n) is 7.22. The summed E-state index contributed by atoms with van der Waals surface area (Å²) in [5.41, 5.74) is 0.998. The summed E-state index contributed by atoms with van der Waals surface area (Å²) in [6.07, 6.45) is 3.09. The van der Waals surface area contributed by atoms with Crippen LogP contribution in [0.4, 0.5) is 0 Å². The van der Waals surface area contributed by atoms with Gasteiger partial charge in [0.25, 0.3) is 0 Å². The van der Waals surface area contributed by atoms with Crippen LogP contribution in [0.5, 0.6) is 5.75 Å². The van der Waals surface area contributed by atoms with Crippen molar-refractivity contribution in [3.63, 3.8) is 0 Å². The maximum Gasteiger partial charge on any atom is 0.224 e. The number of hydrogen-bond acceptors (Lipinski definition) is 6. The molecule has 1 aliphatic heterocycles. The first-order valence-corrected chi connectivity index (χ1v) is 9.07. The SMILES string of the molecule is COc1ccccc1C(NC(=O)C1CC12CCNCC2)c1noc(C)n1. The Kier molecular flexibility index (Phi) is 4.40. The van der Waals surface area contributed by atoms with Gasteiger partial charge in [-0.2, -0.15) is 4.98 Å². The molecule has 7 nitrogen and oxygen atoms in total. The quantitative estimate of drug-likeness (QED) is 0.852. The zero-order chi connectivity index (χ0) is 18.1. The highest BCUT2D eigenvalue weighted by atomic mass is 16.5. The molecule has 0 radical (unpaired) electrons. The smallest absolute Gasteiger partial charge is 0.224 e. The molecule has 26 heavy (non-hydrogen) atoms. The lowest BCUT2D eigenvalue weighted by atomic mass is 9.91. The van der Waals surface area contributed by atoms with Crippen LogP contribution >= 0.6 is 0 Å². The lowest BCUT2D eigenvalue weighted by molar-refractivity contribution is -0.123. The Hall–Kier alpha value is -2.41. The summed E-state index contributed by atoms with van der Waals surface area (Å²) in [7, 11) is 1.62. The lowest BCUT2D eigenvalue weighted by Crippen LogP contribution is -2.36. The summed E-state index contributed by atoms with van der Waals surface area (Å²) in [6, 6.07) is 7.11. The van der Waals surface area contributed by atoms with Crippen LogP contribution in [-0.2, 0) is 4.79 Å². The van der Waals surface area contributed by atoms with Crippen LogP contribution < -0.4 is 15.4 Å². The fourth-order valence-corrected chi connectivity index (χ4v) is 4.06. The Morgan fingerprint density at radius 2 is 2.15 bits per heavy atom. The standard InChI is InChI=1S/C19H24N4O3/c1-12-21-17(23-26-12)16(13-5-3-4-6-15(13)25-2)22-18(24)14-11-19(14)7-9-20-10-8-19/h3-6,14,16,20H,7-11H2,1-2H3,(H,22,24). The van der Waals surface area contributed by atoms with Gasteiger partial charge in [0.2, 0.25) is 11.8 Å². The number of aryl methyl sites for hydroxylation is 1. The molecule has 0 bridgehead atoms. The molecule has 1 aromatic carbocycles. The number of para-hydroxylation sites is 1. The van der Waals surface area contributed by atoms with Crippen molar-refractivity contribution < 1.29 is 14.1 Å². The summed E-state index contributed by atoms with van der Waals surface area (Å²) in [4.78, 5) is 17.3. The summed E-state index contributed by atoms with van der Waals surface area (Å²) in [5, 5.41) is 10.6. The highest BCUT2D eigenvalue weighted by Gasteiger charge is 2.57. The normalized spacial score (nSPS) is 22.0. The Bertz CT molecular complexity index is 798. The minimum Gasteiger partial charge on any atom is -0.496 e. The van der Waals surface area contributed by atoms with E-state index in [2.05, 4.69) is 20.8 Å². The Balaban J connectivity index is 1.59. The van der Waals surface area contributed by atoms with Crippen LogP contribution in [0, 0.1) is 18.3 Å². The van der Waals surface area contributed by atoms with Crippen molar-refractivity contribution in [3.05, 3.63) is 41.5 Å². The lowest BCUT2D eigenvalue weighted by Gasteiger charge is -2.24. The van der Waals surface area contributed by atoms with E-state index in [1.54, 1.807) is 14.0 Å². The van der Waals surface area contributed by atoms with E-state index in [1.165, 1.54) is 0 Å². The van der Waals surface area contributed by atoms with Crippen molar-refractivity contribution in [1.29, 1.82) is 0 Å². The van der Waals surface area contributed by atoms with Crippen molar-refractivity contribution in [3.8, 4) is 5.75 Å². The first-order valence-electron chi connectivity index (χ1n) is 9.07. The van der Waals surface area contributed by atoms with Crippen molar-refractivity contribution in [2.75, 3.05) is 20.2 Å². The van der Waals surface area contributed by atoms with E-state index in [-0.39, 0.29) is 17.2 Å². The second kappa shape index (κ2) is 6.72. The molecule has 1 spiro atoms.